The lowest BCUT2D eigenvalue weighted by atomic mass is 9.79. The van der Waals surface area contributed by atoms with Gasteiger partial charge in [-0.1, -0.05) is 23.5 Å². The largest absolute Gasteiger partial charge is 0.383 e. The first kappa shape index (κ1) is 31.2. The van der Waals surface area contributed by atoms with E-state index in [0.29, 0.717) is 0 Å². The highest BCUT2D eigenvalue weighted by Gasteiger charge is 2.88. The molecule has 42 heavy (non-hydrogen) atoms. The van der Waals surface area contributed by atoms with E-state index >= 15 is 17.6 Å². The maximum Gasteiger partial charge on any atom is 0.383 e. The molecular formula is C20F20S2. The van der Waals surface area contributed by atoms with Crippen molar-refractivity contribution in [2.24, 2.45) is 0 Å². The number of hydrogen-bond acceptors (Lipinski definition) is 2. The smallest absolute Gasteiger partial charge is 0.205 e. The molecule has 0 atom stereocenters. The Kier molecular flexibility index (Phi) is 5.84. The fraction of sp³-hybridized carbons (Fsp3) is 0.400. The highest BCUT2D eigenvalue weighted by Crippen LogP contribution is 2.70. The van der Waals surface area contributed by atoms with Crippen molar-refractivity contribution in [3.63, 3.8) is 0 Å². The van der Waals surface area contributed by atoms with E-state index in [-0.39, 0.29) is 0 Å². The fourth-order valence-corrected chi connectivity index (χ4v) is 6.86. The first-order valence-electron chi connectivity index (χ1n) is 10.1. The van der Waals surface area contributed by atoms with Crippen LogP contribution in [-0.4, -0.2) is 23.7 Å². The zero-order valence-electron chi connectivity index (χ0n) is 18.4. The van der Waals surface area contributed by atoms with Crippen LogP contribution in [0.1, 0.15) is 22.3 Å². The highest BCUT2D eigenvalue weighted by atomic mass is 32.2. The van der Waals surface area contributed by atoms with Crippen molar-refractivity contribution >= 4 is 23.5 Å². The number of benzene rings is 2. The minimum absolute atomic E-state index is 1.16. The molecule has 0 unspecified atom stereocenters. The van der Waals surface area contributed by atoms with Gasteiger partial charge in [0.25, 0.3) is 0 Å². The molecule has 22 heteroatoms. The molecule has 3 aliphatic rings. The standard InChI is InChI=1S/C20F20S2/c21-5-1-2(14(27,28)18(35,36)17(33,34)13(1,25)26)6(22)10-9(5)41-11-7(23)3-4(8(24)12(11)42-10)16(31,32)20(39,40)19(37,38)15(3,29)30. The van der Waals surface area contributed by atoms with E-state index in [0.717, 1.165) is 0 Å². The molecule has 2 aromatic rings. The van der Waals surface area contributed by atoms with Crippen LogP contribution in [0, 0.1) is 23.3 Å². The first-order chi connectivity index (χ1) is 18.6. The molecule has 0 saturated carbocycles. The van der Waals surface area contributed by atoms with Gasteiger partial charge in [0.1, 0.15) is 23.3 Å². The average molecular weight is 684 g/mol. The van der Waals surface area contributed by atoms with Crippen molar-refractivity contribution in [3.05, 3.63) is 45.5 Å². The predicted octanol–water partition coefficient (Wildman–Crippen LogP) is 9.79. The molecule has 0 aromatic heterocycles. The van der Waals surface area contributed by atoms with Crippen LogP contribution in [0.4, 0.5) is 87.8 Å². The predicted molar refractivity (Wildman–Crippen MR) is 96.3 cm³/mol. The van der Waals surface area contributed by atoms with E-state index in [2.05, 4.69) is 0 Å². The van der Waals surface area contributed by atoms with Crippen LogP contribution in [0.15, 0.2) is 19.6 Å². The van der Waals surface area contributed by atoms with E-state index in [4.69, 9.17) is 0 Å². The molecule has 0 saturated heterocycles. The maximum absolute atomic E-state index is 15.1. The van der Waals surface area contributed by atoms with Gasteiger partial charge in [0, 0.05) is 0 Å². The molecule has 5 rings (SSSR count). The van der Waals surface area contributed by atoms with E-state index in [1.54, 1.807) is 0 Å². The normalized spacial score (nSPS) is 26.0. The van der Waals surface area contributed by atoms with Crippen LogP contribution in [0.3, 0.4) is 0 Å². The monoisotopic (exact) mass is 684 g/mol. The van der Waals surface area contributed by atoms with Gasteiger partial charge in [-0.3, -0.25) is 0 Å². The van der Waals surface area contributed by atoms with E-state index in [9.17, 15) is 70.2 Å². The number of alkyl halides is 16. The van der Waals surface area contributed by atoms with Crippen LogP contribution < -0.4 is 0 Å². The molecule has 2 aromatic carbocycles. The van der Waals surface area contributed by atoms with Gasteiger partial charge in [0.05, 0.1) is 41.8 Å². The van der Waals surface area contributed by atoms with Crippen LogP contribution in [0.5, 0.6) is 0 Å². The SMILES string of the molecule is Fc1c2c(c(F)c3c1C(F)(F)C(F)(F)C(F)(F)C3(F)F)Sc1c(F)c3c(c(F)c1S2)C(F)(F)C(F)(F)C(F)(F)C3(F)F. The Morgan fingerprint density at radius 3 is 0.571 bits per heavy atom. The molecule has 0 radical (unpaired) electrons. The average Bonchev–Trinajstić information content (AvgIpc) is 2.84. The number of hydrogen-bond donors (Lipinski definition) is 0. The Morgan fingerprint density at radius 2 is 0.429 bits per heavy atom. The molecule has 0 fully saturated rings. The van der Waals surface area contributed by atoms with E-state index in [1.807, 2.05) is 0 Å². The zero-order valence-corrected chi connectivity index (χ0v) is 20.0. The van der Waals surface area contributed by atoms with Gasteiger partial charge in [-0.15, -0.1) is 0 Å². The number of fused-ring (bicyclic) bond motifs is 4. The van der Waals surface area contributed by atoms with Crippen molar-refractivity contribution in [1.29, 1.82) is 0 Å². The van der Waals surface area contributed by atoms with Crippen molar-refractivity contribution in [1.82, 2.24) is 0 Å². The third kappa shape index (κ3) is 2.94. The molecule has 2 aliphatic carbocycles. The number of halogens is 20. The van der Waals surface area contributed by atoms with Crippen molar-refractivity contribution < 1.29 is 87.8 Å². The maximum atomic E-state index is 15.1. The van der Waals surface area contributed by atoms with Crippen molar-refractivity contribution in [3.8, 4) is 0 Å². The van der Waals surface area contributed by atoms with Gasteiger partial charge in [-0.25, -0.2) is 17.6 Å². The van der Waals surface area contributed by atoms with Gasteiger partial charge < -0.3 is 0 Å². The quantitative estimate of drug-likeness (QED) is 0.217. The van der Waals surface area contributed by atoms with Crippen LogP contribution in [0.2, 0.25) is 0 Å². The van der Waals surface area contributed by atoms with Gasteiger partial charge in [-0.2, -0.15) is 70.2 Å². The van der Waals surface area contributed by atoms with Crippen LogP contribution >= 0.6 is 23.5 Å². The second kappa shape index (κ2) is 7.87. The van der Waals surface area contributed by atoms with Crippen LogP contribution in [-0.2, 0) is 23.7 Å². The third-order valence-electron chi connectivity index (χ3n) is 6.62. The minimum atomic E-state index is -7.16. The molecule has 0 N–H and O–H groups in total. The molecule has 0 bridgehead atoms. The molecular weight excluding hydrogens is 684 g/mol. The lowest BCUT2D eigenvalue weighted by Crippen LogP contribution is -2.64. The Hall–Kier alpha value is -2.26. The topological polar surface area (TPSA) is 0 Å². The summed E-state index contributed by atoms with van der Waals surface area (Å²) in [5.74, 6) is -68.1. The second-order valence-corrected chi connectivity index (χ2v) is 10.9. The minimum Gasteiger partial charge on any atom is -0.205 e. The Balaban J connectivity index is 1.88. The molecule has 0 spiro atoms. The van der Waals surface area contributed by atoms with Gasteiger partial charge >= 0.3 is 47.4 Å². The summed E-state index contributed by atoms with van der Waals surface area (Å²) in [6, 6.07) is 0. The Labute approximate surface area is 224 Å². The van der Waals surface area contributed by atoms with Crippen LogP contribution in [0.25, 0.3) is 0 Å². The summed E-state index contributed by atoms with van der Waals surface area (Å²) < 4.78 is 286. The molecule has 232 valence electrons. The molecule has 0 nitrogen and oxygen atoms in total. The molecule has 1 aliphatic heterocycles. The summed E-state index contributed by atoms with van der Waals surface area (Å²) >= 11 is -2.32. The summed E-state index contributed by atoms with van der Waals surface area (Å²) in [6.45, 7) is 0. The summed E-state index contributed by atoms with van der Waals surface area (Å²) in [4.78, 5) is -8.38. The number of rotatable bonds is 0. The van der Waals surface area contributed by atoms with Crippen molar-refractivity contribution in [2.75, 3.05) is 0 Å². The highest BCUT2D eigenvalue weighted by molar-refractivity contribution is 8.05. The molecule has 1 heterocycles. The Bertz CT molecular complexity index is 1360. The van der Waals surface area contributed by atoms with E-state index < -0.39 is 136 Å². The zero-order chi connectivity index (χ0) is 32.3. The van der Waals surface area contributed by atoms with Gasteiger partial charge in [0.2, 0.25) is 0 Å². The third-order valence-corrected chi connectivity index (χ3v) is 9.23. The second-order valence-electron chi connectivity index (χ2n) is 8.87. The lowest BCUT2D eigenvalue weighted by molar-refractivity contribution is -0.388. The van der Waals surface area contributed by atoms with E-state index in [1.165, 1.54) is 0 Å². The summed E-state index contributed by atoms with van der Waals surface area (Å²) in [7, 11) is 0. The van der Waals surface area contributed by atoms with Crippen molar-refractivity contribution in [2.45, 2.75) is 67.0 Å². The summed E-state index contributed by atoms with van der Waals surface area (Å²) in [5, 5.41) is 0. The summed E-state index contributed by atoms with van der Waals surface area (Å²) in [6.07, 6.45) is 0. The van der Waals surface area contributed by atoms with Gasteiger partial charge in [0.15, 0.2) is 0 Å². The first-order valence-corrected chi connectivity index (χ1v) is 11.7. The van der Waals surface area contributed by atoms with Gasteiger partial charge in [-0.05, 0) is 0 Å². The Morgan fingerprint density at radius 1 is 0.286 bits per heavy atom. The fourth-order valence-electron chi connectivity index (χ4n) is 4.46. The molecule has 0 amide bonds. The summed E-state index contributed by atoms with van der Waals surface area (Å²) in [5.41, 5.74) is -13.8. The lowest BCUT2D eigenvalue weighted by Gasteiger charge is -2.44.